The van der Waals surface area contributed by atoms with E-state index in [9.17, 15) is 29.4 Å². The van der Waals surface area contributed by atoms with Crippen molar-refractivity contribution in [1.82, 2.24) is 15.2 Å². The smallest absolute Gasteiger partial charge is 0.350 e. The van der Waals surface area contributed by atoms with Crippen LogP contribution >= 0.6 is 11.8 Å². The number of fused-ring (bicyclic) bond motifs is 2. The molecule has 3 aromatic heterocycles. The molecular formula is C24H22N6O9S. The third-order valence-electron chi connectivity index (χ3n) is 6.22. The van der Waals surface area contributed by atoms with Gasteiger partial charge >= 0.3 is 5.97 Å². The molecule has 15 nitrogen and oxygen atoms in total. The van der Waals surface area contributed by atoms with Gasteiger partial charge in [0.2, 0.25) is 11.8 Å². The van der Waals surface area contributed by atoms with E-state index in [0.29, 0.717) is 11.2 Å². The second kappa shape index (κ2) is 10.0. The molecule has 2 aliphatic heterocycles. The molecule has 2 aliphatic rings. The number of carbonyl (C=O) groups excluding carboxylic acids is 3. The van der Waals surface area contributed by atoms with Gasteiger partial charge in [0, 0.05) is 22.8 Å². The zero-order valence-electron chi connectivity index (χ0n) is 21.0. The first kappa shape index (κ1) is 26.7. The van der Waals surface area contributed by atoms with Crippen LogP contribution in [0.25, 0.3) is 11.0 Å². The molecule has 208 valence electrons. The Balaban J connectivity index is 1.36. The maximum absolute atomic E-state index is 13.1. The van der Waals surface area contributed by atoms with Crippen molar-refractivity contribution in [2.24, 2.45) is 5.16 Å². The van der Waals surface area contributed by atoms with Crippen molar-refractivity contribution in [2.45, 2.75) is 37.4 Å². The lowest BCUT2D eigenvalue weighted by atomic mass is 10.0. The molecule has 0 aliphatic carbocycles. The first-order valence-electron chi connectivity index (χ1n) is 11.7. The van der Waals surface area contributed by atoms with E-state index in [0.717, 1.165) is 16.5 Å². The van der Waals surface area contributed by atoms with Gasteiger partial charge in [-0.05, 0) is 19.9 Å². The number of oxazole rings is 1. The summed E-state index contributed by atoms with van der Waals surface area (Å²) in [6, 6.07) is 2.21. The van der Waals surface area contributed by atoms with Gasteiger partial charge in [0.25, 0.3) is 17.8 Å². The Kier molecular flexibility index (Phi) is 6.70. The van der Waals surface area contributed by atoms with Gasteiger partial charge in [0.15, 0.2) is 24.0 Å². The molecule has 40 heavy (non-hydrogen) atoms. The number of carboxylic acid groups (broad SMARTS) is 2. The number of hydrogen-bond donors (Lipinski definition) is 3. The molecule has 0 aromatic carbocycles. The number of anilines is 1. The van der Waals surface area contributed by atoms with E-state index in [-0.39, 0.29) is 29.7 Å². The van der Waals surface area contributed by atoms with Gasteiger partial charge in [-0.25, -0.2) is 4.79 Å². The number of nitrogen functional groups attached to an aromatic ring is 1. The lowest BCUT2D eigenvalue weighted by molar-refractivity contribution is -0.688. The minimum absolute atomic E-state index is 0.167. The Hall–Kier alpha value is -4.86. The molecule has 0 spiro atoms. The molecule has 1 saturated heterocycles. The fraction of sp³-hybridized carbons (Fsp3) is 0.292. The zero-order valence-corrected chi connectivity index (χ0v) is 21.8. The number of pyridine rings is 1. The number of carboxylic acids is 2. The van der Waals surface area contributed by atoms with Crippen LogP contribution in [-0.4, -0.2) is 67.2 Å². The Morgan fingerprint density at radius 1 is 1.38 bits per heavy atom. The SMILES string of the molecule is CC(C)(ON=C(C(=O)NC1C(=O)N2C(C(=O)[O-])=C(C[n+]3ccc4ccoc4c3)CS[C@H]12)c1coc(N)n1)C(=O)O. The number of aromatic nitrogens is 2. The number of rotatable bonds is 9. The van der Waals surface area contributed by atoms with Gasteiger partial charge in [-0.3, -0.25) is 14.5 Å². The topological polar surface area (TPSA) is 217 Å². The minimum Gasteiger partial charge on any atom is -0.543 e. The summed E-state index contributed by atoms with van der Waals surface area (Å²) < 4.78 is 12.1. The molecule has 5 rings (SSSR count). The van der Waals surface area contributed by atoms with Gasteiger partial charge in [-0.2, -0.15) is 9.55 Å². The van der Waals surface area contributed by atoms with E-state index in [1.54, 1.807) is 29.3 Å². The van der Waals surface area contributed by atoms with Crippen molar-refractivity contribution < 1.29 is 47.6 Å². The fourth-order valence-corrected chi connectivity index (χ4v) is 5.40. The summed E-state index contributed by atoms with van der Waals surface area (Å²) in [6.45, 7) is 2.60. The summed E-state index contributed by atoms with van der Waals surface area (Å²) in [7, 11) is 0. The summed E-state index contributed by atoms with van der Waals surface area (Å²) in [6.07, 6.45) is 6.04. The van der Waals surface area contributed by atoms with Crippen molar-refractivity contribution in [3.8, 4) is 0 Å². The molecule has 1 fully saturated rings. The number of nitrogens with one attached hydrogen (secondary N) is 1. The Morgan fingerprint density at radius 2 is 2.15 bits per heavy atom. The maximum atomic E-state index is 13.1. The average molecular weight is 571 g/mol. The van der Waals surface area contributed by atoms with Crippen molar-refractivity contribution in [1.29, 1.82) is 0 Å². The molecule has 0 saturated carbocycles. The standard InChI is InChI=1S/C24H22N6O9S/c1-24(2,22(35)36)39-28-15(13-9-38-23(25)26-13)18(31)27-16-19(32)30-17(21(33)34)12(10-40-20(16)30)7-29-5-3-11-4-6-37-14(11)8-29/h3-6,8-9,16,20H,7,10H2,1-2H3,(H4-,25,26,27,31,33,34,35,36)/t16?,20-/m1/s1. The molecule has 4 N–H and O–H groups in total. The quantitative estimate of drug-likeness (QED) is 0.122. The Bertz CT molecular complexity index is 1610. The van der Waals surface area contributed by atoms with E-state index in [4.69, 9.17) is 19.4 Å². The van der Waals surface area contributed by atoms with Crippen LogP contribution in [-0.2, 0) is 30.6 Å². The highest BCUT2D eigenvalue weighted by Gasteiger charge is 2.53. The summed E-state index contributed by atoms with van der Waals surface area (Å²) in [4.78, 5) is 59.7. The molecule has 0 radical (unpaired) electrons. The van der Waals surface area contributed by atoms with E-state index >= 15 is 0 Å². The highest BCUT2D eigenvalue weighted by atomic mass is 32.2. The molecule has 2 amide bonds. The number of β-lactam (4-membered cyclic amide) rings is 1. The van der Waals surface area contributed by atoms with Crippen LogP contribution in [0.1, 0.15) is 19.5 Å². The number of nitrogens with two attached hydrogens (primary N) is 1. The molecular weight excluding hydrogens is 548 g/mol. The number of oxime groups is 1. The van der Waals surface area contributed by atoms with Crippen LogP contribution in [0, 0.1) is 0 Å². The van der Waals surface area contributed by atoms with Crippen molar-refractivity contribution in [2.75, 3.05) is 11.5 Å². The molecule has 0 bridgehead atoms. The van der Waals surface area contributed by atoms with E-state index in [1.807, 2.05) is 6.07 Å². The average Bonchev–Trinajstić information content (AvgIpc) is 3.55. The summed E-state index contributed by atoms with van der Waals surface area (Å²) in [5, 5.41) is 27.7. The predicted molar refractivity (Wildman–Crippen MR) is 134 cm³/mol. The number of furan rings is 1. The predicted octanol–water partition coefficient (Wildman–Crippen LogP) is -1.02. The highest BCUT2D eigenvalue weighted by Crippen LogP contribution is 2.40. The number of amides is 2. The molecule has 1 unspecified atom stereocenters. The molecule has 16 heteroatoms. The summed E-state index contributed by atoms with van der Waals surface area (Å²) >= 11 is 1.26. The van der Waals surface area contributed by atoms with Crippen LogP contribution < -0.4 is 20.7 Å². The van der Waals surface area contributed by atoms with Crippen LogP contribution in [0.5, 0.6) is 0 Å². The Labute approximate surface area is 229 Å². The Morgan fingerprint density at radius 3 is 2.83 bits per heavy atom. The van der Waals surface area contributed by atoms with E-state index in [2.05, 4.69) is 15.5 Å². The van der Waals surface area contributed by atoms with Gasteiger partial charge < -0.3 is 39.7 Å². The van der Waals surface area contributed by atoms with Gasteiger partial charge in [0.1, 0.15) is 23.4 Å². The van der Waals surface area contributed by atoms with Crippen molar-refractivity contribution in [3.05, 3.63) is 54.0 Å². The lowest BCUT2D eigenvalue weighted by Gasteiger charge is -2.50. The number of carbonyl (C=O) groups is 4. The van der Waals surface area contributed by atoms with Crippen molar-refractivity contribution >= 4 is 58.2 Å². The highest BCUT2D eigenvalue weighted by molar-refractivity contribution is 8.00. The first-order valence-corrected chi connectivity index (χ1v) is 12.8. The largest absolute Gasteiger partial charge is 0.543 e. The normalized spacial score (nSPS) is 19.3. The van der Waals surface area contributed by atoms with Gasteiger partial charge in [0.05, 0.1) is 17.9 Å². The molecule has 5 heterocycles. The van der Waals surface area contributed by atoms with E-state index in [1.165, 1.54) is 25.6 Å². The maximum Gasteiger partial charge on any atom is 0.350 e. The number of hydrogen-bond acceptors (Lipinski definition) is 12. The molecule has 3 aromatic rings. The lowest BCUT2D eigenvalue weighted by Crippen LogP contribution is -2.71. The van der Waals surface area contributed by atoms with E-state index < -0.39 is 46.5 Å². The fourth-order valence-electron chi connectivity index (χ4n) is 4.06. The van der Waals surface area contributed by atoms with Gasteiger partial charge in [-0.15, -0.1) is 11.8 Å². The monoisotopic (exact) mass is 570 g/mol. The van der Waals surface area contributed by atoms with Crippen LogP contribution in [0.15, 0.2) is 62.3 Å². The summed E-state index contributed by atoms with van der Waals surface area (Å²) in [5.41, 5.74) is 3.82. The third-order valence-corrected chi connectivity index (χ3v) is 7.56. The number of aliphatic carboxylic acids is 2. The molecule has 2 atom stereocenters. The second-order valence-electron chi connectivity index (χ2n) is 9.38. The van der Waals surface area contributed by atoms with Crippen molar-refractivity contribution in [3.63, 3.8) is 0 Å². The number of thioether (sulfide) groups is 1. The van der Waals surface area contributed by atoms with Crippen LogP contribution in [0.3, 0.4) is 0 Å². The third kappa shape index (κ3) is 4.84. The summed E-state index contributed by atoms with van der Waals surface area (Å²) in [5.74, 6) is -4.26. The zero-order chi connectivity index (χ0) is 28.8. The van der Waals surface area contributed by atoms with Gasteiger partial charge in [-0.1, -0.05) is 5.16 Å². The van der Waals surface area contributed by atoms with Crippen LogP contribution in [0.2, 0.25) is 0 Å². The number of nitrogens with zero attached hydrogens (tertiary/aromatic N) is 4. The second-order valence-corrected chi connectivity index (χ2v) is 10.5. The first-order chi connectivity index (χ1) is 19.0. The minimum atomic E-state index is -1.80. The van der Waals surface area contributed by atoms with Crippen LogP contribution in [0.4, 0.5) is 6.01 Å².